The molecule has 0 saturated heterocycles. The zero-order valence-electron chi connectivity index (χ0n) is 10.2. The smallest absolute Gasteiger partial charge is 0.335 e. The van der Waals surface area contributed by atoms with Crippen LogP contribution in [-0.2, 0) is 4.79 Å². The van der Waals surface area contributed by atoms with E-state index in [9.17, 15) is 14.4 Å². The second kappa shape index (κ2) is 5.48. The topological polar surface area (TPSA) is 96.6 Å². The van der Waals surface area contributed by atoms with Gasteiger partial charge in [-0.1, -0.05) is 6.92 Å². The van der Waals surface area contributed by atoms with Crippen molar-refractivity contribution >= 4 is 11.9 Å². The first-order valence-corrected chi connectivity index (χ1v) is 5.49. The Labute approximate surface area is 104 Å². The number of nitrogens with one attached hydrogen (secondary N) is 1. The fraction of sp³-hybridized carbons (Fsp3) is 0.417. The van der Waals surface area contributed by atoms with Gasteiger partial charge in [-0.15, -0.1) is 0 Å². The second-order valence-corrected chi connectivity index (χ2v) is 4.25. The molecular weight excluding hydrogens is 238 g/mol. The van der Waals surface area contributed by atoms with E-state index in [4.69, 9.17) is 5.11 Å². The van der Waals surface area contributed by atoms with Crippen LogP contribution in [0.1, 0.15) is 30.6 Å². The van der Waals surface area contributed by atoms with Crippen molar-refractivity contribution in [1.82, 2.24) is 5.32 Å². The Morgan fingerprint density at radius 1 is 1.44 bits per heavy atom. The molecule has 6 nitrogen and oxygen atoms in total. The van der Waals surface area contributed by atoms with Gasteiger partial charge in [-0.25, -0.2) is 4.79 Å². The normalized spacial score (nSPS) is 13.7. The molecule has 2 N–H and O–H groups in total. The minimum atomic E-state index is -1.01. The molecule has 0 bridgehead atoms. The summed E-state index contributed by atoms with van der Waals surface area (Å²) in [5.74, 6) is -1.44. The number of rotatable bonds is 5. The molecule has 1 amide bonds. The average Bonchev–Trinajstić information content (AvgIpc) is 2.36. The van der Waals surface area contributed by atoms with Crippen LogP contribution in [0.3, 0.4) is 0 Å². The number of carbonyl (C=O) groups is 2. The van der Waals surface area contributed by atoms with Gasteiger partial charge in [0.2, 0.25) is 0 Å². The number of hydrogen-bond donors (Lipinski definition) is 2. The molecule has 0 aliphatic heterocycles. The van der Waals surface area contributed by atoms with Crippen molar-refractivity contribution in [3.8, 4) is 0 Å². The molecule has 0 aliphatic rings. The Morgan fingerprint density at radius 3 is 2.56 bits per heavy atom. The molecule has 6 heteroatoms. The maximum Gasteiger partial charge on any atom is 0.335 e. The van der Waals surface area contributed by atoms with E-state index in [-0.39, 0.29) is 12.1 Å². The van der Waals surface area contributed by atoms with Gasteiger partial charge in [-0.3, -0.25) is 9.59 Å². The van der Waals surface area contributed by atoms with Gasteiger partial charge < -0.3 is 14.8 Å². The van der Waals surface area contributed by atoms with Crippen molar-refractivity contribution < 1.29 is 19.1 Å². The van der Waals surface area contributed by atoms with E-state index < -0.39 is 22.9 Å². The van der Waals surface area contributed by atoms with Crippen molar-refractivity contribution in [3.05, 3.63) is 34.4 Å². The van der Waals surface area contributed by atoms with E-state index >= 15 is 0 Å². The second-order valence-electron chi connectivity index (χ2n) is 4.25. The van der Waals surface area contributed by atoms with Crippen LogP contribution in [0.5, 0.6) is 0 Å². The number of carbonyl (C=O) groups excluding carboxylic acids is 1. The van der Waals surface area contributed by atoms with Crippen LogP contribution in [-0.4, -0.2) is 23.5 Å². The molecule has 0 radical (unpaired) electrons. The summed E-state index contributed by atoms with van der Waals surface area (Å²) in [7, 11) is 0. The molecule has 98 valence electrons. The summed E-state index contributed by atoms with van der Waals surface area (Å²) < 4.78 is 4.55. The fourth-order valence-electron chi connectivity index (χ4n) is 1.22. The molecular formula is C12H15NO5. The molecule has 0 aromatic carbocycles. The highest BCUT2D eigenvalue weighted by Gasteiger charge is 2.31. The molecule has 1 unspecified atom stereocenters. The van der Waals surface area contributed by atoms with E-state index in [1.807, 2.05) is 0 Å². The highest BCUT2D eigenvalue weighted by atomic mass is 16.4. The van der Waals surface area contributed by atoms with Crippen molar-refractivity contribution in [2.75, 3.05) is 6.54 Å². The highest BCUT2D eigenvalue weighted by molar-refractivity contribution is 5.94. The summed E-state index contributed by atoms with van der Waals surface area (Å²) in [6.45, 7) is 3.30. The predicted molar refractivity (Wildman–Crippen MR) is 63.3 cm³/mol. The lowest BCUT2D eigenvalue weighted by Gasteiger charge is -2.23. The van der Waals surface area contributed by atoms with Gasteiger partial charge in [-0.05, 0) is 19.4 Å². The van der Waals surface area contributed by atoms with E-state index in [0.717, 1.165) is 12.3 Å². The number of amides is 1. The largest absolute Gasteiger partial charge is 0.481 e. The fourth-order valence-corrected chi connectivity index (χ4v) is 1.22. The Morgan fingerprint density at radius 2 is 2.11 bits per heavy atom. The van der Waals surface area contributed by atoms with Gasteiger partial charge in [0.15, 0.2) is 0 Å². The van der Waals surface area contributed by atoms with E-state index in [1.165, 1.54) is 6.07 Å². The zero-order valence-corrected chi connectivity index (χ0v) is 10.2. The van der Waals surface area contributed by atoms with Crippen molar-refractivity contribution in [1.29, 1.82) is 0 Å². The summed E-state index contributed by atoms with van der Waals surface area (Å²) in [6.07, 6.45) is 1.44. The maximum absolute atomic E-state index is 11.7. The Bertz CT molecular complexity index is 487. The summed E-state index contributed by atoms with van der Waals surface area (Å²) in [6, 6.07) is 2.45. The predicted octanol–water partition coefficient (Wildman–Crippen LogP) is 0.871. The summed E-state index contributed by atoms with van der Waals surface area (Å²) in [5, 5.41) is 11.6. The third-order valence-electron chi connectivity index (χ3n) is 2.90. The van der Waals surface area contributed by atoms with Gasteiger partial charge in [0.25, 0.3) is 5.91 Å². The summed E-state index contributed by atoms with van der Waals surface area (Å²) in [5.41, 5.74) is -1.38. The maximum atomic E-state index is 11.7. The van der Waals surface area contributed by atoms with Gasteiger partial charge in [-0.2, -0.15) is 0 Å². The molecule has 0 saturated carbocycles. The van der Waals surface area contributed by atoms with Crippen LogP contribution in [0.25, 0.3) is 0 Å². The van der Waals surface area contributed by atoms with E-state index in [2.05, 4.69) is 9.73 Å². The highest BCUT2D eigenvalue weighted by Crippen LogP contribution is 2.19. The first-order valence-electron chi connectivity index (χ1n) is 5.49. The van der Waals surface area contributed by atoms with Crippen LogP contribution in [0.15, 0.2) is 27.6 Å². The number of carboxylic acids is 1. The number of aliphatic carboxylic acids is 1. The average molecular weight is 253 g/mol. The zero-order chi connectivity index (χ0) is 13.8. The SMILES string of the molecule is CCC(C)(CNC(=O)c1ccc(=O)oc1)C(=O)O. The van der Waals surface area contributed by atoms with E-state index in [1.54, 1.807) is 13.8 Å². The molecule has 0 spiro atoms. The Hall–Kier alpha value is -2.11. The minimum absolute atomic E-state index is 0.0107. The third-order valence-corrected chi connectivity index (χ3v) is 2.90. The van der Waals surface area contributed by atoms with Gasteiger partial charge in [0, 0.05) is 12.6 Å². The van der Waals surface area contributed by atoms with E-state index in [0.29, 0.717) is 6.42 Å². The lowest BCUT2D eigenvalue weighted by atomic mass is 9.87. The van der Waals surface area contributed by atoms with Crippen molar-refractivity contribution in [2.45, 2.75) is 20.3 Å². The summed E-state index contributed by atoms with van der Waals surface area (Å²) >= 11 is 0. The van der Waals surface area contributed by atoms with Gasteiger partial charge in [0.1, 0.15) is 6.26 Å². The Kier molecular flexibility index (Phi) is 4.25. The van der Waals surface area contributed by atoms with Gasteiger partial charge in [0.05, 0.1) is 11.0 Å². The van der Waals surface area contributed by atoms with Crippen LogP contribution in [0.4, 0.5) is 0 Å². The van der Waals surface area contributed by atoms with Crippen molar-refractivity contribution in [2.24, 2.45) is 5.41 Å². The molecule has 0 fully saturated rings. The lowest BCUT2D eigenvalue weighted by molar-refractivity contribution is -0.147. The molecule has 1 atom stereocenters. The van der Waals surface area contributed by atoms with Crippen LogP contribution in [0, 0.1) is 5.41 Å². The standard InChI is InChI=1S/C12H15NO5/c1-3-12(2,11(16)17)7-13-10(15)8-4-5-9(14)18-6-8/h4-6H,3,7H2,1-2H3,(H,13,15)(H,16,17). The van der Waals surface area contributed by atoms with Crippen LogP contribution >= 0.6 is 0 Å². The third kappa shape index (κ3) is 3.19. The molecule has 18 heavy (non-hydrogen) atoms. The first-order chi connectivity index (χ1) is 8.39. The first kappa shape index (κ1) is 14.0. The number of hydrogen-bond acceptors (Lipinski definition) is 4. The molecule has 1 aromatic rings. The van der Waals surface area contributed by atoms with Crippen molar-refractivity contribution in [3.63, 3.8) is 0 Å². The molecule has 1 heterocycles. The minimum Gasteiger partial charge on any atom is -0.481 e. The van der Waals surface area contributed by atoms with Gasteiger partial charge >= 0.3 is 11.6 Å². The number of carboxylic acid groups (broad SMARTS) is 1. The summed E-state index contributed by atoms with van der Waals surface area (Å²) in [4.78, 5) is 33.4. The Balaban J connectivity index is 2.69. The van der Waals surface area contributed by atoms with Crippen LogP contribution in [0.2, 0.25) is 0 Å². The molecule has 1 aromatic heterocycles. The molecule has 1 rings (SSSR count). The lowest BCUT2D eigenvalue weighted by Crippen LogP contribution is -2.40. The molecule has 0 aliphatic carbocycles. The quantitative estimate of drug-likeness (QED) is 0.811. The van der Waals surface area contributed by atoms with Crippen LogP contribution < -0.4 is 10.9 Å². The monoisotopic (exact) mass is 253 g/mol.